The van der Waals surface area contributed by atoms with Gasteiger partial charge in [-0.1, -0.05) is 48.5 Å². The van der Waals surface area contributed by atoms with Crippen molar-refractivity contribution in [3.8, 4) is 23.3 Å². The van der Waals surface area contributed by atoms with Crippen molar-refractivity contribution in [1.29, 1.82) is 5.26 Å². The molecule has 6 nitrogen and oxygen atoms in total. The van der Waals surface area contributed by atoms with Crippen LogP contribution in [0.4, 0.5) is 5.69 Å². The molecule has 0 aromatic heterocycles. The van der Waals surface area contributed by atoms with Gasteiger partial charge < -0.3 is 19.5 Å². The highest BCUT2D eigenvalue weighted by Crippen LogP contribution is 2.36. The summed E-state index contributed by atoms with van der Waals surface area (Å²) in [6, 6.07) is 26.9. The van der Waals surface area contributed by atoms with E-state index in [2.05, 4.69) is 46.1 Å². The van der Waals surface area contributed by atoms with Crippen LogP contribution in [0.5, 0.6) is 17.2 Å². The first-order valence-electron chi connectivity index (χ1n) is 11.7. The fraction of sp³-hybridized carbons (Fsp3) is 0.133. The van der Waals surface area contributed by atoms with Crippen LogP contribution >= 0.6 is 22.6 Å². The lowest BCUT2D eigenvalue weighted by atomic mass is 10.1. The van der Waals surface area contributed by atoms with Crippen LogP contribution in [-0.2, 0) is 11.4 Å². The van der Waals surface area contributed by atoms with Gasteiger partial charge >= 0.3 is 0 Å². The number of hydrogen-bond donors (Lipinski definition) is 1. The third kappa shape index (κ3) is 6.40. The van der Waals surface area contributed by atoms with E-state index in [0.29, 0.717) is 41.7 Å². The highest BCUT2D eigenvalue weighted by atomic mass is 127. The molecule has 0 aliphatic heterocycles. The third-order valence-corrected chi connectivity index (χ3v) is 6.39. The van der Waals surface area contributed by atoms with E-state index in [0.717, 1.165) is 19.9 Å². The highest BCUT2D eigenvalue weighted by molar-refractivity contribution is 14.1. The first kappa shape index (κ1) is 26.0. The molecule has 0 bridgehead atoms. The van der Waals surface area contributed by atoms with E-state index in [1.807, 2.05) is 43.3 Å². The molecule has 4 aromatic rings. The van der Waals surface area contributed by atoms with Crippen LogP contribution in [0, 0.1) is 14.9 Å². The number of ether oxygens (including phenoxy) is 3. The van der Waals surface area contributed by atoms with Gasteiger partial charge in [0.1, 0.15) is 24.0 Å². The number of nitrogens with one attached hydrogen (secondary N) is 1. The summed E-state index contributed by atoms with van der Waals surface area (Å²) in [5.74, 6) is 1.26. The molecule has 0 aliphatic carbocycles. The Morgan fingerprint density at radius 3 is 2.59 bits per heavy atom. The lowest BCUT2D eigenvalue weighted by Crippen LogP contribution is -2.13. The molecule has 0 heterocycles. The van der Waals surface area contributed by atoms with Crippen LogP contribution in [0.3, 0.4) is 0 Å². The first-order valence-corrected chi connectivity index (χ1v) is 12.7. The molecule has 4 aromatic carbocycles. The molecule has 0 spiro atoms. The Bertz CT molecular complexity index is 1500. The normalized spacial score (nSPS) is 11.0. The average Bonchev–Trinajstić information content (AvgIpc) is 2.91. The third-order valence-electron chi connectivity index (χ3n) is 5.59. The second kappa shape index (κ2) is 12.3. The molecule has 37 heavy (non-hydrogen) atoms. The molecule has 0 unspecified atom stereocenters. The van der Waals surface area contributed by atoms with Crippen molar-refractivity contribution in [3.63, 3.8) is 0 Å². The van der Waals surface area contributed by atoms with E-state index in [1.165, 1.54) is 6.08 Å². The first-order chi connectivity index (χ1) is 18.0. The standard InChI is InChI=1S/C30H25IN2O4/c1-3-36-28-16-20(14-23(18-32)30(34)33-24-11-7-12-25(17-24)35-2)15-27(31)29(28)37-19-22-10-6-9-21-8-4-5-13-26(21)22/h4-17H,3,19H2,1-2H3,(H,33,34)/b23-14+. The summed E-state index contributed by atoms with van der Waals surface area (Å²) in [5.41, 5.74) is 2.22. The van der Waals surface area contributed by atoms with E-state index < -0.39 is 5.91 Å². The number of anilines is 1. The smallest absolute Gasteiger partial charge is 0.266 e. The monoisotopic (exact) mass is 604 g/mol. The predicted octanol–water partition coefficient (Wildman–Crippen LogP) is 6.98. The quantitative estimate of drug-likeness (QED) is 0.127. The molecule has 0 saturated heterocycles. The Morgan fingerprint density at radius 1 is 1.03 bits per heavy atom. The molecule has 0 fully saturated rings. The summed E-state index contributed by atoms with van der Waals surface area (Å²) in [6.45, 7) is 2.71. The summed E-state index contributed by atoms with van der Waals surface area (Å²) in [6.07, 6.45) is 1.54. The summed E-state index contributed by atoms with van der Waals surface area (Å²) in [5, 5.41) is 14.7. The minimum Gasteiger partial charge on any atom is -0.497 e. The van der Waals surface area contributed by atoms with Crippen molar-refractivity contribution in [2.24, 2.45) is 0 Å². The van der Waals surface area contributed by atoms with Crippen molar-refractivity contribution >= 4 is 51.0 Å². The number of carbonyl (C=O) groups is 1. The molecule has 1 amide bonds. The summed E-state index contributed by atoms with van der Waals surface area (Å²) >= 11 is 2.18. The Hall–Kier alpha value is -4.03. The summed E-state index contributed by atoms with van der Waals surface area (Å²) < 4.78 is 18.1. The zero-order chi connectivity index (χ0) is 26.2. The van der Waals surface area contributed by atoms with Crippen LogP contribution in [0.1, 0.15) is 18.1 Å². The van der Waals surface area contributed by atoms with Crippen LogP contribution in [0.15, 0.2) is 84.4 Å². The van der Waals surface area contributed by atoms with E-state index in [1.54, 1.807) is 37.4 Å². The van der Waals surface area contributed by atoms with Crippen LogP contribution < -0.4 is 19.5 Å². The number of nitrogens with zero attached hydrogens (tertiary/aromatic N) is 1. The summed E-state index contributed by atoms with van der Waals surface area (Å²) in [7, 11) is 1.55. The van der Waals surface area contributed by atoms with Crippen molar-refractivity contribution in [3.05, 3.63) is 99.1 Å². The number of benzene rings is 4. The van der Waals surface area contributed by atoms with Gasteiger partial charge in [-0.2, -0.15) is 5.26 Å². The number of amides is 1. The van der Waals surface area contributed by atoms with Crippen LogP contribution in [0.2, 0.25) is 0 Å². The zero-order valence-corrected chi connectivity index (χ0v) is 22.6. The van der Waals surface area contributed by atoms with Crippen LogP contribution in [0.25, 0.3) is 16.8 Å². The van der Waals surface area contributed by atoms with Gasteiger partial charge in [0, 0.05) is 11.8 Å². The molecule has 0 atom stereocenters. The number of hydrogen-bond acceptors (Lipinski definition) is 5. The number of carbonyl (C=O) groups excluding carboxylic acids is 1. The number of methoxy groups -OCH3 is 1. The maximum absolute atomic E-state index is 12.8. The van der Waals surface area contributed by atoms with Gasteiger partial charge in [0.25, 0.3) is 5.91 Å². The Labute approximate surface area is 229 Å². The number of rotatable bonds is 9. The number of fused-ring (bicyclic) bond motifs is 1. The fourth-order valence-electron chi connectivity index (χ4n) is 3.86. The molecule has 1 N–H and O–H groups in total. The van der Waals surface area contributed by atoms with Crippen molar-refractivity contribution in [1.82, 2.24) is 0 Å². The van der Waals surface area contributed by atoms with Gasteiger partial charge in [-0.05, 0) is 81.8 Å². The topological polar surface area (TPSA) is 80.6 Å². The van der Waals surface area contributed by atoms with Gasteiger partial charge in [-0.3, -0.25) is 4.79 Å². The Morgan fingerprint density at radius 2 is 1.81 bits per heavy atom. The van der Waals surface area contributed by atoms with Gasteiger partial charge in [0.05, 0.1) is 17.3 Å². The SMILES string of the molecule is CCOc1cc(/C=C(\C#N)C(=O)Nc2cccc(OC)c2)cc(I)c1OCc1cccc2ccccc12. The highest BCUT2D eigenvalue weighted by Gasteiger charge is 2.15. The molecule has 186 valence electrons. The number of halogens is 1. The van der Waals surface area contributed by atoms with Crippen molar-refractivity contribution < 1.29 is 19.0 Å². The largest absolute Gasteiger partial charge is 0.497 e. The lowest BCUT2D eigenvalue weighted by Gasteiger charge is -2.16. The van der Waals surface area contributed by atoms with Gasteiger partial charge in [-0.25, -0.2) is 0 Å². The lowest BCUT2D eigenvalue weighted by molar-refractivity contribution is -0.112. The minimum absolute atomic E-state index is 0.0366. The van der Waals surface area contributed by atoms with Gasteiger partial charge in [0.15, 0.2) is 11.5 Å². The van der Waals surface area contributed by atoms with Crippen LogP contribution in [-0.4, -0.2) is 19.6 Å². The van der Waals surface area contributed by atoms with Gasteiger partial charge in [0.2, 0.25) is 0 Å². The van der Waals surface area contributed by atoms with Crippen molar-refractivity contribution in [2.75, 3.05) is 19.0 Å². The maximum atomic E-state index is 12.8. The molecular weight excluding hydrogens is 579 g/mol. The fourth-order valence-corrected chi connectivity index (χ4v) is 4.64. The minimum atomic E-state index is -0.514. The second-order valence-corrected chi connectivity index (χ2v) is 9.21. The van der Waals surface area contributed by atoms with Crippen molar-refractivity contribution in [2.45, 2.75) is 13.5 Å². The molecule has 0 saturated carbocycles. The average molecular weight is 604 g/mol. The molecular formula is C30H25IN2O4. The van der Waals surface area contributed by atoms with Gasteiger partial charge in [-0.15, -0.1) is 0 Å². The van der Waals surface area contributed by atoms with E-state index in [9.17, 15) is 10.1 Å². The van der Waals surface area contributed by atoms with E-state index in [-0.39, 0.29) is 5.57 Å². The van der Waals surface area contributed by atoms with E-state index >= 15 is 0 Å². The van der Waals surface area contributed by atoms with E-state index in [4.69, 9.17) is 14.2 Å². The molecule has 0 aliphatic rings. The predicted molar refractivity (Wildman–Crippen MR) is 154 cm³/mol. The Balaban J connectivity index is 1.58. The molecule has 7 heteroatoms. The second-order valence-electron chi connectivity index (χ2n) is 8.05. The number of nitriles is 1. The molecule has 4 rings (SSSR count). The Kier molecular flexibility index (Phi) is 8.64. The summed E-state index contributed by atoms with van der Waals surface area (Å²) in [4.78, 5) is 12.8. The zero-order valence-electron chi connectivity index (χ0n) is 20.5. The maximum Gasteiger partial charge on any atom is 0.266 e. The molecule has 0 radical (unpaired) electrons.